The van der Waals surface area contributed by atoms with Crippen LogP contribution >= 0.6 is 0 Å². The second kappa shape index (κ2) is 4.76. The number of hydrogen-bond donors (Lipinski definition) is 1. The lowest BCUT2D eigenvalue weighted by atomic mass is 10.2. The molecule has 0 bridgehead atoms. The van der Waals surface area contributed by atoms with E-state index in [1.807, 2.05) is 19.2 Å². The maximum absolute atomic E-state index is 6.06. The van der Waals surface area contributed by atoms with Crippen molar-refractivity contribution in [2.45, 2.75) is 19.8 Å². The van der Waals surface area contributed by atoms with Gasteiger partial charge in [0.15, 0.2) is 5.82 Å². The number of nitrogen functional groups attached to an aromatic ring is 1. The van der Waals surface area contributed by atoms with Gasteiger partial charge in [-0.05, 0) is 37.3 Å². The zero-order valence-corrected chi connectivity index (χ0v) is 11.1. The molecule has 0 atom stereocenters. The lowest BCUT2D eigenvalue weighted by Crippen LogP contribution is -2.47. The van der Waals surface area contributed by atoms with Gasteiger partial charge in [0.2, 0.25) is 0 Å². The van der Waals surface area contributed by atoms with Crippen molar-refractivity contribution < 1.29 is 0 Å². The summed E-state index contributed by atoms with van der Waals surface area (Å²) >= 11 is 0. The summed E-state index contributed by atoms with van der Waals surface area (Å²) in [5.41, 5.74) is 8.00. The fourth-order valence-electron chi connectivity index (χ4n) is 2.66. The predicted octanol–water partition coefficient (Wildman–Crippen LogP) is 1.50. The Bertz CT molecular complexity index is 420. The van der Waals surface area contributed by atoms with Crippen LogP contribution in [0.1, 0.15) is 18.4 Å². The van der Waals surface area contributed by atoms with E-state index in [4.69, 9.17) is 5.73 Å². The van der Waals surface area contributed by atoms with E-state index in [-0.39, 0.29) is 0 Å². The van der Waals surface area contributed by atoms with Gasteiger partial charge in [-0.2, -0.15) is 0 Å². The number of nitrogens with zero attached hydrogens (tertiary/aromatic N) is 3. The van der Waals surface area contributed by atoms with Crippen molar-refractivity contribution in [2.75, 3.05) is 43.4 Å². The summed E-state index contributed by atoms with van der Waals surface area (Å²) in [5, 5.41) is 0. The summed E-state index contributed by atoms with van der Waals surface area (Å²) < 4.78 is 0. The van der Waals surface area contributed by atoms with E-state index in [0.29, 0.717) is 0 Å². The maximum Gasteiger partial charge on any atom is 0.151 e. The normalized spacial score (nSPS) is 21.3. The summed E-state index contributed by atoms with van der Waals surface area (Å²) in [6.07, 6.45) is 4.78. The summed E-state index contributed by atoms with van der Waals surface area (Å²) in [4.78, 5) is 9.38. The van der Waals surface area contributed by atoms with Crippen molar-refractivity contribution in [1.29, 1.82) is 0 Å². The Morgan fingerprint density at radius 3 is 2.61 bits per heavy atom. The van der Waals surface area contributed by atoms with E-state index < -0.39 is 0 Å². The Morgan fingerprint density at radius 2 is 2.00 bits per heavy atom. The molecule has 0 spiro atoms. The molecule has 2 N–H and O–H groups in total. The van der Waals surface area contributed by atoms with E-state index in [0.717, 1.165) is 49.2 Å². The third-order valence-electron chi connectivity index (χ3n) is 3.92. The van der Waals surface area contributed by atoms with Gasteiger partial charge < -0.3 is 10.6 Å². The number of pyridine rings is 1. The molecule has 1 saturated carbocycles. The van der Waals surface area contributed by atoms with Crippen LogP contribution < -0.4 is 10.6 Å². The monoisotopic (exact) mass is 246 g/mol. The summed E-state index contributed by atoms with van der Waals surface area (Å²) in [5.74, 6) is 1.95. The highest BCUT2D eigenvalue weighted by atomic mass is 15.3. The minimum Gasteiger partial charge on any atom is -0.396 e. The SMILES string of the molecule is Cc1cnc(N2CCN(CC3CC3)CC2)c(N)c1. The Morgan fingerprint density at radius 1 is 1.28 bits per heavy atom. The van der Waals surface area contributed by atoms with E-state index >= 15 is 0 Å². The van der Waals surface area contributed by atoms with Gasteiger partial charge in [-0.3, -0.25) is 4.90 Å². The molecule has 2 fully saturated rings. The van der Waals surface area contributed by atoms with Crippen LogP contribution in [0.25, 0.3) is 0 Å². The summed E-state index contributed by atoms with van der Waals surface area (Å²) in [6, 6.07) is 2.01. The molecule has 1 saturated heterocycles. The van der Waals surface area contributed by atoms with Gasteiger partial charge in [0.05, 0.1) is 5.69 Å². The molecular weight excluding hydrogens is 224 g/mol. The van der Waals surface area contributed by atoms with Gasteiger partial charge in [-0.25, -0.2) is 4.98 Å². The lowest BCUT2D eigenvalue weighted by Gasteiger charge is -2.35. The van der Waals surface area contributed by atoms with Crippen molar-refractivity contribution >= 4 is 11.5 Å². The van der Waals surface area contributed by atoms with E-state index in [1.165, 1.54) is 19.4 Å². The van der Waals surface area contributed by atoms with Gasteiger partial charge >= 0.3 is 0 Å². The van der Waals surface area contributed by atoms with Crippen LogP contribution in [0.4, 0.5) is 11.5 Å². The van der Waals surface area contributed by atoms with Crippen molar-refractivity contribution in [2.24, 2.45) is 5.92 Å². The Hall–Kier alpha value is -1.29. The highest BCUT2D eigenvalue weighted by Crippen LogP contribution is 2.30. The average molecular weight is 246 g/mol. The molecule has 0 aromatic carbocycles. The Kier molecular flexibility index (Phi) is 3.12. The Balaban J connectivity index is 1.60. The summed E-state index contributed by atoms with van der Waals surface area (Å²) in [6.45, 7) is 7.71. The smallest absolute Gasteiger partial charge is 0.151 e. The molecule has 0 unspecified atom stereocenters. The molecule has 0 amide bonds. The van der Waals surface area contributed by atoms with E-state index in [9.17, 15) is 0 Å². The molecule has 1 aliphatic carbocycles. The maximum atomic E-state index is 6.06. The lowest BCUT2D eigenvalue weighted by molar-refractivity contribution is 0.247. The van der Waals surface area contributed by atoms with Gasteiger partial charge in [0.1, 0.15) is 0 Å². The number of anilines is 2. The fourth-order valence-corrected chi connectivity index (χ4v) is 2.66. The molecule has 2 aliphatic rings. The van der Waals surface area contributed by atoms with Crippen LogP contribution in [-0.4, -0.2) is 42.6 Å². The van der Waals surface area contributed by atoms with Crippen LogP contribution in [-0.2, 0) is 0 Å². The number of hydrogen-bond acceptors (Lipinski definition) is 4. The molecule has 98 valence electrons. The second-order valence-corrected chi connectivity index (χ2v) is 5.66. The standard InChI is InChI=1S/C14H22N4/c1-11-8-13(15)14(16-9-11)18-6-4-17(5-7-18)10-12-2-3-12/h8-9,12H,2-7,10,15H2,1H3. The minimum absolute atomic E-state index is 0.811. The molecule has 1 aromatic heterocycles. The fraction of sp³-hybridized carbons (Fsp3) is 0.643. The van der Waals surface area contributed by atoms with Gasteiger partial charge in [-0.1, -0.05) is 0 Å². The molecule has 2 heterocycles. The van der Waals surface area contributed by atoms with Crippen molar-refractivity contribution in [3.8, 4) is 0 Å². The van der Waals surface area contributed by atoms with Gasteiger partial charge in [-0.15, -0.1) is 0 Å². The van der Waals surface area contributed by atoms with Crippen molar-refractivity contribution in [3.05, 3.63) is 17.8 Å². The van der Waals surface area contributed by atoms with Gasteiger partial charge in [0.25, 0.3) is 0 Å². The molecule has 0 radical (unpaired) electrons. The zero-order valence-electron chi connectivity index (χ0n) is 11.1. The highest BCUT2D eigenvalue weighted by Gasteiger charge is 2.26. The van der Waals surface area contributed by atoms with Crippen LogP contribution in [0.2, 0.25) is 0 Å². The highest BCUT2D eigenvalue weighted by molar-refractivity contribution is 5.63. The number of aromatic nitrogens is 1. The molecule has 1 aromatic rings. The van der Waals surface area contributed by atoms with Crippen molar-refractivity contribution in [1.82, 2.24) is 9.88 Å². The Labute approximate surface area is 109 Å². The third kappa shape index (κ3) is 2.58. The average Bonchev–Trinajstić information content (AvgIpc) is 3.15. The molecule has 3 rings (SSSR count). The van der Waals surface area contributed by atoms with E-state index in [1.54, 1.807) is 0 Å². The topological polar surface area (TPSA) is 45.4 Å². The first kappa shape index (κ1) is 11.8. The quantitative estimate of drug-likeness (QED) is 0.878. The third-order valence-corrected chi connectivity index (χ3v) is 3.92. The largest absolute Gasteiger partial charge is 0.396 e. The molecule has 1 aliphatic heterocycles. The first-order valence-electron chi connectivity index (χ1n) is 6.92. The van der Waals surface area contributed by atoms with Gasteiger partial charge in [0, 0.05) is 38.9 Å². The van der Waals surface area contributed by atoms with Crippen LogP contribution in [0.3, 0.4) is 0 Å². The predicted molar refractivity (Wildman–Crippen MR) is 74.8 cm³/mol. The summed E-state index contributed by atoms with van der Waals surface area (Å²) in [7, 11) is 0. The van der Waals surface area contributed by atoms with Crippen molar-refractivity contribution in [3.63, 3.8) is 0 Å². The number of rotatable bonds is 3. The molecular formula is C14H22N4. The number of piperazine rings is 1. The molecule has 4 heteroatoms. The second-order valence-electron chi connectivity index (χ2n) is 5.66. The molecule has 4 nitrogen and oxygen atoms in total. The first-order valence-corrected chi connectivity index (χ1v) is 6.92. The van der Waals surface area contributed by atoms with Crippen LogP contribution in [0.5, 0.6) is 0 Å². The first-order chi connectivity index (χ1) is 8.72. The minimum atomic E-state index is 0.811. The van der Waals surface area contributed by atoms with Crippen LogP contribution in [0, 0.1) is 12.8 Å². The number of nitrogens with two attached hydrogens (primary N) is 1. The van der Waals surface area contributed by atoms with Crippen LogP contribution in [0.15, 0.2) is 12.3 Å². The molecule has 18 heavy (non-hydrogen) atoms. The number of aryl methyl sites for hydroxylation is 1. The van der Waals surface area contributed by atoms with E-state index in [2.05, 4.69) is 14.8 Å². The zero-order chi connectivity index (χ0) is 12.5.